The molecule has 104 valence electrons. The van der Waals surface area contributed by atoms with Gasteiger partial charge in [-0.2, -0.15) is 0 Å². The number of rotatable bonds is 3. The topological polar surface area (TPSA) is 26.3 Å². The Balaban J connectivity index is 1.62. The van der Waals surface area contributed by atoms with Gasteiger partial charge >= 0.3 is 0 Å². The zero-order valence-corrected chi connectivity index (χ0v) is 12.3. The van der Waals surface area contributed by atoms with E-state index in [1.165, 1.54) is 15.6 Å². The second-order valence-corrected chi connectivity index (χ2v) is 6.16. The van der Waals surface area contributed by atoms with Crippen LogP contribution in [0, 0.1) is 0 Å². The number of thiophene rings is 1. The Kier molecular flexibility index (Phi) is 3.00. The Morgan fingerprint density at radius 1 is 1.05 bits per heavy atom. The first kappa shape index (κ1) is 12.6. The lowest BCUT2D eigenvalue weighted by molar-refractivity contribution is 0.0994. The molecule has 0 N–H and O–H groups in total. The summed E-state index contributed by atoms with van der Waals surface area (Å²) in [6.07, 6.45) is 1.41. The molecular weight excluding hydrogens is 280 g/mol. The van der Waals surface area contributed by atoms with Crippen molar-refractivity contribution in [3.8, 4) is 5.75 Å². The third kappa shape index (κ3) is 2.14. The van der Waals surface area contributed by atoms with Crippen LogP contribution in [0.25, 0.3) is 10.1 Å². The van der Waals surface area contributed by atoms with Gasteiger partial charge in [0.25, 0.3) is 0 Å². The zero-order valence-electron chi connectivity index (χ0n) is 11.5. The summed E-state index contributed by atoms with van der Waals surface area (Å²) in [4.78, 5) is 11.8. The number of Topliss-reactive ketones (excluding diaryl/α,β-unsaturated/α-hetero) is 1. The highest BCUT2D eigenvalue weighted by atomic mass is 32.1. The van der Waals surface area contributed by atoms with Crippen LogP contribution in [0.1, 0.15) is 27.9 Å². The third-order valence-corrected chi connectivity index (χ3v) is 4.99. The van der Waals surface area contributed by atoms with E-state index in [-0.39, 0.29) is 5.78 Å². The summed E-state index contributed by atoms with van der Waals surface area (Å²) in [5.41, 5.74) is 3.11. The molecule has 4 rings (SSSR count). The van der Waals surface area contributed by atoms with Gasteiger partial charge < -0.3 is 4.74 Å². The van der Waals surface area contributed by atoms with Crippen molar-refractivity contribution in [3.05, 3.63) is 64.5 Å². The average molecular weight is 294 g/mol. The number of benzene rings is 2. The molecule has 0 unspecified atom stereocenters. The van der Waals surface area contributed by atoms with Gasteiger partial charge in [-0.1, -0.05) is 30.3 Å². The first-order valence-corrected chi connectivity index (χ1v) is 7.94. The van der Waals surface area contributed by atoms with Gasteiger partial charge in [0.15, 0.2) is 5.78 Å². The first-order valence-electron chi connectivity index (χ1n) is 7.06. The predicted octanol–water partition coefficient (Wildman–Crippen LogP) is 4.61. The molecule has 1 aromatic heterocycles. The fraction of sp³-hybridized carbons (Fsp3) is 0.167. The molecule has 2 nitrogen and oxygen atoms in total. The zero-order chi connectivity index (χ0) is 14.2. The van der Waals surface area contributed by atoms with Crippen molar-refractivity contribution in [1.82, 2.24) is 0 Å². The highest BCUT2D eigenvalue weighted by molar-refractivity contribution is 7.17. The van der Waals surface area contributed by atoms with E-state index in [9.17, 15) is 4.79 Å². The van der Waals surface area contributed by atoms with E-state index >= 15 is 0 Å². The van der Waals surface area contributed by atoms with Crippen LogP contribution in [0.4, 0.5) is 0 Å². The molecule has 2 aromatic carbocycles. The van der Waals surface area contributed by atoms with Crippen LogP contribution < -0.4 is 4.74 Å². The number of carbonyl (C=O) groups excluding carboxylic acids is 1. The maximum Gasteiger partial charge on any atom is 0.163 e. The van der Waals surface area contributed by atoms with Gasteiger partial charge in [0, 0.05) is 27.8 Å². The molecule has 1 heterocycles. The first-order chi connectivity index (χ1) is 10.3. The minimum Gasteiger partial charge on any atom is -0.489 e. The Hall–Kier alpha value is -2.13. The van der Waals surface area contributed by atoms with Gasteiger partial charge in [-0.3, -0.25) is 4.79 Å². The number of ketones is 1. The molecule has 1 aliphatic carbocycles. The van der Waals surface area contributed by atoms with E-state index in [1.807, 2.05) is 18.2 Å². The SMILES string of the molecule is O=C1CCc2c(OCc3csc4ccccc34)cccc21. The second-order valence-electron chi connectivity index (χ2n) is 5.25. The van der Waals surface area contributed by atoms with Crippen LogP contribution in [0.2, 0.25) is 0 Å². The number of fused-ring (bicyclic) bond motifs is 2. The maximum atomic E-state index is 11.8. The summed E-state index contributed by atoms with van der Waals surface area (Å²) in [5, 5.41) is 3.41. The minimum absolute atomic E-state index is 0.233. The smallest absolute Gasteiger partial charge is 0.163 e. The molecule has 1 aliphatic rings. The highest BCUT2D eigenvalue weighted by Crippen LogP contribution is 2.32. The number of hydrogen-bond acceptors (Lipinski definition) is 3. The van der Waals surface area contributed by atoms with Crippen LogP contribution in [0.3, 0.4) is 0 Å². The summed E-state index contributed by atoms with van der Waals surface area (Å²) in [7, 11) is 0. The van der Waals surface area contributed by atoms with E-state index in [0.29, 0.717) is 13.0 Å². The second kappa shape index (κ2) is 5.01. The van der Waals surface area contributed by atoms with Gasteiger partial charge in [0.1, 0.15) is 12.4 Å². The van der Waals surface area contributed by atoms with Gasteiger partial charge in [-0.25, -0.2) is 0 Å². The van der Waals surface area contributed by atoms with Gasteiger partial charge in [0.05, 0.1) is 0 Å². The Labute approximate surface area is 127 Å². The van der Waals surface area contributed by atoms with Gasteiger partial charge in [-0.15, -0.1) is 11.3 Å². The molecule has 0 amide bonds. The molecule has 0 radical (unpaired) electrons. The molecule has 3 heteroatoms. The van der Waals surface area contributed by atoms with Crippen molar-refractivity contribution in [2.45, 2.75) is 19.4 Å². The molecule has 3 aromatic rings. The normalized spacial score (nSPS) is 13.6. The van der Waals surface area contributed by atoms with E-state index in [4.69, 9.17) is 4.74 Å². The summed E-state index contributed by atoms with van der Waals surface area (Å²) < 4.78 is 7.29. The van der Waals surface area contributed by atoms with Crippen molar-refractivity contribution in [2.75, 3.05) is 0 Å². The van der Waals surface area contributed by atoms with E-state index < -0.39 is 0 Å². The fourth-order valence-electron chi connectivity index (χ4n) is 2.89. The lowest BCUT2D eigenvalue weighted by Gasteiger charge is -2.09. The van der Waals surface area contributed by atoms with Crippen LogP contribution in [-0.4, -0.2) is 5.78 Å². The maximum absolute atomic E-state index is 11.8. The Bertz CT molecular complexity index is 832. The lowest BCUT2D eigenvalue weighted by Crippen LogP contribution is -1.98. The van der Waals surface area contributed by atoms with E-state index in [2.05, 4.69) is 29.6 Å². The standard InChI is InChI=1S/C18H14O2S/c19-16-9-8-15-14(16)5-3-6-17(15)20-10-12-11-21-18-7-2-1-4-13(12)18/h1-7,11H,8-10H2. The summed E-state index contributed by atoms with van der Waals surface area (Å²) in [6.45, 7) is 0.550. The van der Waals surface area contributed by atoms with Crippen LogP contribution in [-0.2, 0) is 13.0 Å². The van der Waals surface area contributed by atoms with Crippen molar-refractivity contribution >= 4 is 27.2 Å². The van der Waals surface area contributed by atoms with Crippen molar-refractivity contribution in [1.29, 1.82) is 0 Å². The van der Waals surface area contributed by atoms with Crippen molar-refractivity contribution in [3.63, 3.8) is 0 Å². The monoisotopic (exact) mass is 294 g/mol. The van der Waals surface area contributed by atoms with Crippen LogP contribution in [0.15, 0.2) is 47.8 Å². The third-order valence-electron chi connectivity index (χ3n) is 3.98. The van der Waals surface area contributed by atoms with Crippen molar-refractivity contribution in [2.24, 2.45) is 0 Å². The van der Waals surface area contributed by atoms with Gasteiger partial charge in [0.2, 0.25) is 0 Å². The Morgan fingerprint density at radius 3 is 2.90 bits per heavy atom. The molecule has 0 bridgehead atoms. The quantitative estimate of drug-likeness (QED) is 0.705. The van der Waals surface area contributed by atoms with Crippen molar-refractivity contribution < 1.29 is 9.53 Å². The number of hydrogen-bond donors (Lipinski definition) is 0. The molecule has 0 spiro atoms. The number of ether oxygens (including phenoxy) is 1. The summed E-state index contributed by atoms with van der Waals surface area (Å²) >= 11 is 1.74. The minimum atomic E-state index is 0.233. The van der Waals surface area contributed by atoms with Crippen LogP contribution >= 0.6 is 11.3 Å². The van der Waals surface area contributed by atoms with Gasteiger partial charge in [-0.05, 0) is 29.3 Å². The average Bonchev–Trinajstić information content (AvgIpc) is 3.10. The largest absolute Gasteiger partial charge is 0.489 e. The molecule has 0 fully saturated rings. The predicted molar refractivity (Wildman–Crippen MR) is 85.3 cm³/mol. The summed E-state index contributed by atoms with van der Waals surface area (Å²) in [6, 6.07) is 14.1. The fourth-order valence-corrected chi connectivity index (χ4v) is 3.84. The van der Waals surface area contributed by atoms with E-state index in [1.54, 1.807) is 11.3 Å². The molecular formula is C18H14O2S. The molecule has 21 heavy (non-hydrogen) atoms. The molecule has 0 saturated carbocycles. The highest BCUT2D eigenvalue weighted by Gasteiger charge is 2.22. The number of carbonyl (C=O) groups is 1. The van der Waals surface area contributed by atoms with E-state index in [0.717, 1.165) is 23.3 Å². The lowest BCUT2D eigenvalue weighted by atomic mass is 10.1. The molecule has 0 atom stereocenters. The summed E-state index contributed by atoms with van der Waals surface area (Å²) in [5.74, 6) is 1.09. The Morgan fingerprint density at radius 2 is 1.95 bits per heavy atom. The van der Waals surface area contributed by atoms with Crippen LogP contribution in [0.5, 0.6) is 5.75 Å². The molecule has 0 saturated heterocycles. The molecule has 0 aliphatic heterocycles.